The third-order valence-electron chi connectivity index (χ3n) is 3.67. The Labute approximate surface area is 162 Å². The molecule has 6 nitrogen and oxygen atoms in total. The van der Waals surface area contributed by atoms with Gasteiger partial charge in [0.05, 0.1) is 15.3 Å². The van der Waals surface area contributed by atoms with Gasteiger partial charge in [-0.3, -0.25) is 4.79 Å². The van der Waals surface area contributed by atoms with Gasteiger partial charge in [-0.05, 0) is 29.0 Å². The molecule has 0 N–H and O–H groups in total. The summed E-state index contributed by atoms with van der Waals surface area (Å²) in [5.41, 5.74) is 0.503. The summed E-state index contributed by atoms with van der Waals surface area (Å²) in [6.07, 6.45) is 0. The van der Waals surface area contributed by atoms with Crippen LogP contribution in [-0.2, 0) is 11.3 Å². The van der Waals surface area contributed by atoms with E-state index in [4.69, 9.17) is 9.26 Å². The number of carbonyl (C=O) groups is 2. The van der Waals surface area contributed by atoms with E-state index >= 15 is 0 Å². The van der Waals surface area contributed by atoms with Crippen LogP contribution in [0.5, 0.6) is 0 Å². The molecule has 0 saturated heterocycles. The van der Waals surface area contributed by atoms with Crippen molar-refractivity contribution < 1.29 is 18.8 Å². The fraction of sp³-hybridized carbons (Fsp3) is 0.0526. The average molecular weight is 396 g/mol. The zero-order chi connectivity index (χ0) is 18.6. The Kier molecular flexibility index (Phi) is 4.91. The van der Waals surface area contributed by atoms with Crippen molar-refractivity contribution in [3.63, 3.8) is 0 Å². The number of hydrogen-bond acceptors (Lipinski definition) is 8. The van der Waals surface area contributed by atoms with E-state index in [1.165, 1.54) is 22.7 Å². The van der Waals surface area contributed by atoms with Crippen molar-refractivity contribution in [1.82, 2.24) is 10.1 Å². The Hall–Kier alpha value is -3.10. The lowest BCUT2D eigenvalue weighted by atomic mass is 10.0. The van der Waals surface area contributed by atoms with Crippen molar-refractivity contribution >= 4 is 34.4 Å². The largest absolute Gasteiger partial charge is 0.452 e. The van der Waals surface area contributed by atoms with Crippen molar-refractivity contribution in [2.24, 2.45) is 0 Å². The van der Waals surface area contributed by atoms with Gasteiger partial charge in [-0.15, -0.1) is 22.7 Å². The summed E-state index contributed by atoms with van der Waals surface area (Å²) in [7, 11) is 0. The van der Waals surface area contributed by atoms with Crippen LogP contribution in [0.25, 0.3) is 10.7 Å². The Morgan fingerprint density at radius 3 is 2.48 bits per heavy atom. The topological polar surface area (TPSA) is 82.3 Å². The van der Waals surface area contributed by atoms with E-state index in [2.05, 4.69) is 10.1 Å². The Morgan fingerprint density at radius 2 is 1.74 bits per heavy atom. The zero-order valence-electron chi connectivity index (χ0n) is 13.8. The number of carbonyl (C=O) groups excluding carboxylic acids is 2. The summed E-state index contributed by atoms with van der Waals surface area (Å²) in [5, 5.41) is 7.59. The van der Waals surface area contributed by atoms with E-state index in [1.54, 1.807) is 36.4 Å². The van der Waals surface area contributed by atoms with E-state index in [0.29, 0.717) is 16.3 Å². The summed E-state index contributed by atoms with van der Waals surface area (Å²) in [5.74, 6) is -0.195. The fourth-order valence-corrected chi connectivity index (χ4v) is 3.75. The maximum atomic E-state index is 12.6. The second-order valence-corrected chi connectivity index (χ2v) is 7.31. The van der Waals surface area contributed by atoms with Crippen molar-refractivity contribution in [3.05, 3.63) is 81.2 Å². The highest BCUT2D eigenvalue weighted by molar-refractivity contribution is 7.13. The van der Waals surface area contributed by atoms with Gasteiger partial charge in [0.25, 0.3) is 5.89 Å². The molecule has 0 aliphatic rings. The van der Waals surface area contributed by atoms with E-state index < -0.39 is 5.97 Å². The Bertz CT molecular complexity index is 1070. The highest BCUT2D eigenvalue weighted by Gasteiger charge is 2.20. The first-order valence-corrected chi connectivity index (χ1v) is 9.69. The third-order valence-corrected chi connectivity index (χ3v) is 5.41. The van der Waals surface area contributed by atoms with Crippen LogP contribution in [0.15, 0.2) is 63.8 Å². The third kappa shape index (κ3) is 3.71. The Balaban J connectivity index is 1.48. The molecule has 0 spiro atoms. The SMILES string of the molecule is O=C(OCc1nc(-c2cccs2)no1)c1ccccc1C(=O)c1cccs1. The molecule has 0 aliphatic carbocycles. The molecule has 3 aromatic heterocycles. The predicted octanol–water partition coefficient (Wildman–Crippen LogP) is 4.45. The summed E-state index contributed by atoms with van der Waals surface area (Å²) in [6, 6.07) is 13.8. The lowest BCUT2D eigenvalue weighted by Gasteiger charge is -2.07. The molecule has 4 rings (SSSR count). The maximum absolute atomic E-state index is 12.6. The standard InChI is InChI=1S/C19H12N2O4S2/c22-17(14-7-3-9-26-14)12-5-1-2-6-13(12)19(23)24-11-16-20-18(21-25-16)15-8-4-10-27-15/h1-10H,11H2. The number of nitrogens with zero attached hydrogens (tertiary/aromatic N) is 2. The van der Waals surface area contributed by atoms with E-state index in [-0.39, 0.29) is 23.8 Å². The highest BCUT2D eigenvalue weighted by atomic mass is 32.1. The van der Waals surface area contributed by atoms with Gasteiger partial charge in [0.2, 0.25) is 11.6 Å². The highest BCUT2D eigenvalue weighted by Crippen LogP contribution is 2.22. The van der Waals surface area contributed by atoms with E-state index in [0.717, 1.165) is 4.88 Å². The van der Waals surface area contributed by atoms with Gasteiger partial charge in [-0.2, -0.15) is 4.98 Å². The molecule has 3 heterocycles. The first-order chi connectivity index (χ1) is 13.2. The number of esters is 1. The Morgan fingerprint density at radius 1 is 0.963 bits per heavy atom. The van der Waals surface area contributed by atoms with Gasteiger partial charge in [-0.1, -0.05) is 35.5 Å². The maximum Gasteiger partial charge on any atom is 0.339 e. The van der Waals surface area contributed by atoms with E-state index in [1.807, 2.05) is 22.9 Å². The van der Waals surface area contributed by atoms with Crippen LogP contribution in [-0.4, -0.2) is 21.9 Å². The van der Waals surface area contributed by atoms with Gasteiger partial charge in [0.1, 0.15) is 0 Å². The van der Waals surface area contributed by atoms with Crippen LogP contribution >= 0.6 is 22.7 Å². The van der Waals surface area contributed by atoms with Crippen molar-refractivity contribution in [3.8, 4) is 10.7 Å². The van der Waals surface area contributed by atoms with Crippen molar-refractivity contribution in [2.75, 3.05) is 0 Å². The molecule has 27 heavy (non-hydrogen) atoms. The molecule has 0 atom stereocenters. The zero-order valence-corrected chi connectivity index (χ0v) is 15.5. The molecule has 0 bridgehead atoms. The average Bonchev–Trinajstić information content (AvgIpc) is 3.47. The van der Waals surface area contributed by atoms with Gasteiger partial charge < -0.3 is 9.26 Å². The smallest absolute Gasteiger partial charge is 0.339 e. The number of ether oxygens (including phenoxy) is 1. The van der Waals surface area contributed by atoms with Crippen LogP contribution in [0.1, 0.15) is 31.5 Å². The van der Waals surface area contributed by atoms with Crippen molar-refractivity contribution in [1.29, 1.82) is 0 Å². The molecule has 0 aliphatic heterocycles. The molecule has 4 aromatic rings. The molecule has 0 amide bonds. The number of ketones is 1. The van der Waals surface area contributed by atoms with Crippen LogP contribution in [0.3, 0.4) is 0 Å². The van der Waals surface area contributed by atoms with Crippen molar-refractivity contribution in [2.45, 2.75) is 6.61 Å². The number of hydrogen-bond donors (Lipinski definition) is 0. The summed E-state index contributed by atoms with van der Waals surface area (Å²) in [4.78, 5) is 30.7. The molecular formula is C19H12N2O4S2. The fourth-order valence-electron chi connectivity index (χ4n) is 2.42. The molecule has 0 fully saturated rings. The van der Waals surface area contributed by atoms with Crippen LogP contribution in [0.4, 0.5) is 0 Å². The van der Waals surface area contributed by atoms with Gasteiger partial charge in [0.15, 0.2) is 6.61 Å². The van der Waals surface area contributed by atoms with E-state index in [9.17, 15) is 9.59 Å². The molecule has 0 radical (unpaired) electrons. The first kappa shape index (κ1) is 17.3. The molecule has 1 aromatic carbocycles. The van der Waals surface area contributed by atoms with Gasteiger partial charge in [-0.25, -0.2) is 4.79 Å². The molecular weight excluding hydrogens is 384 g/mol. The molecule has 134 valence electrons. The molecule has 0 unspecified atom stereocenters. The van der Waals surface area contributed by atoms with Gasteiger partial charge >= 0.3 is 5.97 Å². The lowest BCUT2D eigenvalue weighted by Crippen LogP contribution is -2.12. The van der Waals surface area contributed by atoms with Crippen LogP contribution < -0.4 is 0 Å². The summed E-state index contributed by atoms with van der Waals surface area (Å²) in [6.45, 7) is -0.168. The monoisotopic (exact) mass is 396 g/mol. The van der Waals surface area contributed by atoms with Crippen LogP contribution in [0, 0.1) is 0 Å². The van der Waals surface area contributed by atoms with Crippen LogP contribution in [0.2, 0.25) is 0 Å². The quantitative estimate of drug-likeness (QED) is 0.354. The predicted molar refractivity (Wildman–Crippen MR) is 101 cm³/mol. The number of rotatable bonds is 6. The first-order valence-electron chi connectivity index (χ1n) is 7.93. The second kappa shape index (κ2) is 7.65. The number of aromatic nitrogens is 2. The number of benzene rings is 1. The summed E-state index contributed by atoms with van der Waals surface area (Å²) >= 11 is 2.81. The molecule has 0 saturated carbocycles. The minimum Gasteiger partial charge on any atom is -0.452 e. The minimum atomic E-state index is -0.619. The number of thiophene rings is 2. The molecule has 8 heteroatoms. The summed E-state index contributed by atoms with van der Waals surface area (Å²) < 4.78 is 10.4. The lowest BCUT2D eigenvalue weighted by molar-refractivity contribution is 0.0427. The normalized spacial score (nSPS) is 10.7. The second-order valence-electron chi connectivity index (χ2n) is 5.42. The minimum absolute atomic E-state index is 0.168. The van der Waals surface area contributed by atoms with Gasteiger partial charge in [0, 0.05) is 5.56 Å².